The molecule has 1 heterocycles. The minimum absolute atomic E-state index is 0.719. The lowest BCUT2D eigenvalue weighted by Crippen LogP contribution is -2.36. The Morgan fingerprint density at radius 1 is 1.16 bits per heavy atom. The largest absolute Gasteiger partial charge is 0.313 e. The van der Waals surface area contributed by atoms with Crippen LogP contribution in [0.15, 0.2) is 24.3 Å². The van der Waals surface area contributed by atoms with Gasteiger partial charge in [0.1, 0.15) is 0 Å². The average Bonchev–Trinajstić information content (AvgIpc) is 2.91. The number of rotatable bonds is 7. The van der Waals surface area contributed by atoms with Crippen molar-refractivity contribution in [2.45, 2.75) is 45.1 Å². The van der Waals surface area contributed by atoms with E-state index in [1.807, 2.05) is 0 Å². The molecule has 2 nitrogen and oxygen atoms in total. The van der Waals surface area contributed by atoms with Gasteiger partial charge in [-0.2, -0.15) is 0 Å². The summed E-state index contributed by atoms with van der Waals surface area (Å²) < 4.78 is 0. The second-order valence-electron chi connectivity index (χ2n) is 5.87. The molecule has 1 aromatic rings. The van der Waals surface area contributed by atoms with Gasteiger partial charge in [-0.25, -0.2) is 0 Å². The van der Waals surface area contributed by atoms with Gasteiger partial charge in [0.25, 0.3) is 0 Å². The summed E-state index contributed by atoms with van der Waals surface area (Å²) in [6.07, 6.45) is 6.28. The van der Waals surface area contributed by atoms with Crippen molar-refractivity contribution in [1.82, 2.24) is 10.2 Å². The molecule has 1 aromatic carbocycles. The lowest BCUT2D eigenvalue weighted by molar-refractivity contribution is 0.303. The lowest BCUT2D eigenvalue weighted by Gasteiger charge is -2.21. The van der Waals surface area contributed by atoms with E-state index in [1.54, 1.807) is 0 Å². The predicted molar refractivity (Wildman–Crippen MR) is 82.7 cm³/mol. The Labute approximate surface area is 118 Å². The molecule has 1 N–H and O–H groups in total. The van der Waals surface area contributed by atoms with Crippen molar-refractivity contribution < 1.29 is 0 Å². The van der Waals surface area contributed by atoms with E-state index in [2.05, 4.69) is 48.5 Å². The Hall–Kier alpha value is -0.860. The first-order valence-corrected chi connectivity index (χ1v) is 7.77. The summed E-state index contributed by atoms with van der Waals surface area (Å²) in [5, 5.41) is 3.57. The van der Waals surface area contributed by atoms with Gasteiger partial charge in [0.2, 0.25) is 0 Å². The molecule has 0 amide bonds. The van der Waals surface area contributed by atoms with Crippen LogP contribution in [0.4, 0.5) is 0 Å². The molecule has 0 saturated carbocycles. The van der Waals surface area contributed by atoms with Crippen molar-refractivity contribution in [2.24, 2.45) is 0 Å². The summed E-state index contributed by atoms with van der Waals surface area (Å²) in [6, 6.07) is 9.89. The third kappa shape index (κ3) is 4.96. The van der Waals surface area contributed by atoms with E-state index in [4.69, 9.17) is 0 Å². The second kappa shape index (κ2) is 7.66. The molecule has 0 aromatic heterocycles. The Morgan fingerprint density at radius 2 is 1.84 bits per heavy atom. The fourth-order valence-corrected chi connectivity index (χ4v) is 2.86. The molecule has 1 unspecified atom stereocenters. The van der Waals surface area contributed by atoms with Gasteiger partial charge in [-0.1, -0.05) is 37.6 Å². The van der Waals surface area contributed by atoms with E-state index in [9.17, 15) is 0 Å². The van der Waals surface area contributed by atoms with Gasteiger partial charge < -0.3 is 10.2 Å². The van der Waals surface area contributed by atoms with E-state index in [-0.39, 0.29) is 0 Å². The van der Waals surface area contributed by atoms with Gasteiger partial charge >= 0.3 is 0 Å². The van der Waals surface area contributed by atoms with Crippen molar-refractivity contribution in [1.29, 1.82) is 0 Å². The molecular weight excluding hydrogens is 232 g/mol. The molecule has 106 valence electrons. The van der Waals surface area contributed by atoms with Crippen LogP contribution in [0.1, 0.15) is 37.3 Å². The van der Waals surface area contributed by atoms with Crippen LogP contribution < -0.4 is 5.32 Å². The third-order valence-electron chi connectivity index (χ3n) is 4.04. The van der Waals surface area contributed by atoms with E-state index in [0.29, 0.717) is 0 Å². The van der Waals surface area contributed by atoms with Crippen LogP contribution >= 0.6 is 0 Å². The quantitative estimate of drug-likeness (QED) is 0.811. The Kier molecular flexibility index (Phi) is 5.87. The zero-order chi connectivity index (χ0) is 13.5. The van der Waals surface area contributed by atoms with E-state index < -0.39 is 0 Å². The van der Waals surface area contributed by atoms with Gasteiger partial charge in [0.05, 0.1) is 0 Å². The van der Waals surface area contributed by atoms with Crippen molar-refractivity contribution in [3.8, 4) is 0 Å². The molecule has 2 rings (SSSR count). The summed E-state index contributed by atoms with van der Waals surface area (Å²) in [4.78, 5) is 2.46. The predicted octanol–water partition coefficient (Wildman–Crippen LogP) is 2.87. The van der Waals surface area contributed by atoms with Gasteiger partial charge in [-0.15, -0.1) is 0 Å². The maximum absolute atomic E-state index is 3.57. The van der Waals surface area contributed by atoms with Crippen molar-refractivity contribution in [3.63, 3.8) is 0 Å². The fraction of sp³-hybridized carbons (Fsp3) is 0.647. The van der Waals surface area contributed by atoms with Gasteiger partial charge in [0, 0.05) is 19.1 Å². The maximum Gasteiger partial charge on any atom is 0.0195 e. The van der Waals surface area contributed by atoms with Crippen LogP contribution in [0.25, 0.3) is 0 Å². The van der Waals surface area contributed by atoms with Crippen molar-refractivity contribution in [3.05, 3.63) is 35.4 Å². The lowest BCUT2D eigenvalue weighted by atomic mass is 10.1. The van der Waals surface area contributed by atoms with E-state index in [1.165, 1.54) is 49.9 Å². The first-order valence-electron chi connectivity index (χ1n) is 7.77. The number of nitrogens with one attached hydrogen (secondary N) is 1. The van der Waals surface area contributed by atoms with Crippen LogP contribution in [-0.2, 0) is 12.8 Å². The van der Waals surface area contributed by atoms with Crippen LogP contribution in [0.2, 0.25) is 0 Å². The molecule has 1 aliphatic heterocycles. The van der Waals surface area contributed by atoms with Crippen molar-refractivity contribution >= 4 is 0 Å². The molecular formula is C17H28N2. The first-order chi connectivity index (χ1) is 9.28. The number of aryl methyl sites for hydroxylation is 1. The normalized spacial score (nSPS) is 19.2. The molecule has 0 radical (unpaired) electrons. The van der Waals surface area contributed by atoms with Gasteiger partial charge in [0.15, 0.2) is 0 Å². The number of hydrogen-bond acceptors (Lipinski definition) is 2. The van der Waals surface area contributed by atoms with Crippen LogP contribution in [-0.4, -0.2) is 37.6 Å². The maximum atomic E-state index is 3.57. The SMILES string of the molecule is CCCc1ccc(CCN(C)CC2CCCN2)cc1. The summed E-state index contributed by atoms with van der Waals surface area (Å²) >= 11 is 0. The molecule has 0 spiro atoms. The minimum Gasteiger partial charge on any atom is -0.313 e. The number of likely N-dealkylation sites (N-methyl/N-ethyl adjacent to an activating group) is 1. The highest BCUT2D eigenvalue weighted by molar-refractivity contribution is 5.22. The molecule has 19 heavy (non-hydrogen) atoms. The summed E-state index contributed by atoms with van der Waals surface area (Å²) in [5.74, 6) is 0. The molecule has 1 atom stereocenters. The van der Waals surface area contributed by atoms with E-state index in [0.717, 1.165) is 19.0 Å². The molecule has 1 fully saturated rings. The molecule has 2 heteroatoms. The molecule has 1 aliphatic rings. The molecule has 0 bridgehead atoms. The summed E-state index contributed by atoms with van der Waals surface area (Å²) in [5.41, 5.74) is 2.93. The summed E-state index contributed by atoms with van der Waals surface area (Å²) in [7, 11) is 2.24. The monoisotopic (exact) mass is 260 g/mol. The zero-order valence-corrected chi connectivity index (χ0v) is 12.5. The smallest absolute Gasteiger partial charge is 0.0195 e. The van der Waals surface area contributed by atoms with Crippen LogP contribution in [0, 0.1) is 0 Å². The Bertz CT molecular complexity index is 352. The Balaban J connectivity index is 1.71. The summed E-state index contributed by atoms with van der Waals surface area (Å²) in [6.45, 7) is 5.79. The first kappa shape index (κ1) is 14.5. The number of benzene rings is 1. The highest BCUT2D eigenvalue weighted by atomic mass is 15.1. The highest BCUT2D eigenvalue weighted by Gasteiger charge is 2.15. The molecule has 1 saturated heterocycles. The van der Waals surface area contributed by atoms with Gasteiger partial charge in [-0.3, -0.25) is 0 Å². The van der Waals surface area contributed by atoms with Crippen LogP contribution in [0.3, 0.4) is 0 Å². The topological polar surface area (TPSA) is 15.3 Å². The average molecular weight is 260 g/mol. The zero-order valence-electron chi connectivity index (χ0n) is 12.5. The van der Waals surface area contributed by atoms with Gasteiger partial charge in [-0.05, 0) is 50.4 Å². The fourth-order valence-electron chi connectivity index (χ4n) is 2.86. The number of nitrogens with zero attached hydrogens (tertiary/aromatic N) is 1. The minimum atomic E-state index is 0.719. The highest BCUT2D eigenvalue weighted by Crippen LogP contribution is 2.09. The Morgan fingerprint density at radius 3 is 2.42 bits per heavy atom. The molecule has 0 aliphatic carbocycles. The standard InChI is InChI=1S/C17H28N2/c1-3-5-15-7-9-16(10-8-15)11-13-19(2)14-17-6-4-12-18-17/h7-10,17-18H,3-6,11-14H2,1-2H3. The van der Waals surface area contributed by atoms with Crippen molar-refractivity contribution in [2.75, 3.05) is 26.7 Å². The third-order valence-corrected chi connectivity index (χ3v) is 4.04. The number of hydrogen-bond donors (Lipinski definition) is 1. The second-order valence-corrected chi connectivity index (χ2v) is 5.87. The van der Waals surface area contributed by atoms with Crippen LogP contribution in [0.5, 0.6) is 0 Å². The van der Waals surface area contributed by atoms with E-state index >= 15 is 0 Å².